The largest absolute Gasteiger partial charge is 0.465 e. The number of rotatable bonds is 24. The van der Waals surface area contributed by atoms with Gasteiger partial charge in [0.05, 0.1) is 75.7 Å². The second-order valence-corrected chi connectivity index (χ2v) is 20.0. The number of nitro groups is 2. The van der Waals surface area contributed by atoms with Crippen LogP contribution < -0.4 is 0 Å². The van der Waals surface area contributed by atoms with E-state index in [0.717, 1.165) is 35.1 Å². The second-order valence-electron chi connectivity index (χ2n) is 20.0. The SMILES string of the molecule is C=C1C[C@H](CCCOC(=O)C(C)(C)C)O[C@H]1CC[C@H]1CC(C)=C(COC(=O)CC)C(C[C@@H]2O[C@H](C[C@@H](COC(=O)c3ccc([N+](=O)[O-])cc3)OC(=O)c3ccc([N+](=O)[O-])cc3)[C@H](OC)[C@H]2Cc2ccccc2)O1. The summed E-state index contributed by atoms with van der Waals surface area (Å²) in [6.07, 6.45) is 1.30. The van der Waals surface area contributed by atoms with Crippen molar-refractivity contribution in [2.45, 2.75) is 148 Å². The highest BCUT2D eigenvalue weighted by atomic mass is 16.6. The Hall–Kier alpha value is -6.34. The predicted octanol–water partition coefficient (Wildman–Crippen LogP) is 9.60. The molecule has 3 aromatic carbocycles. The molecule has 0 aliphatic carbocycles. The third-order valence-electron chi connectivity index (χ3n) is 13.5. The van der Waals surface area contributed by atoms with Crippen molar-refractivity contribution < 1.29 is 66.9 Å². The highest BCUT2D eigenvalue weighted by Crippen LogP contribution is 2.41. The number of nitro benzene ring substituents is 2. The molecule has 0 aromatic heterocycles. The first kappa shape index (κ1) is 56.0. The maximum absolute atomic E-state index is 13.7. The topological polar surface area (TPSA) is 228 Å². The normalized spacial score (nSPS) is 23.4. The monoisotopic (exact) mass is 1010 g/mol. The van der Waals surface area contributed by atoms with Crippen molar-refractivity contribution >= 4 is 35.3 Å². The molecular weight excluding hydrogens is 945 g/mol. The van der Waals surface area contributed by atoms with Gasteiger partial charge >= 0.3 is 23.9 Å². The smallest absolute Gasteiger partial charge is 0.338 e. The number of hydrogen-bond donors (Lipinski definition) is 0. The van der Waals surface area contributed by atoms with Crippen LogP contribution >= 0.6 is 0 Å². The second kappa shape index (κ2) is 26.0. The van der Waals surface area contributed by atoms with Gasteiger partial charge in [0.25, 0.3) is 11.4 Å². The fourth-order valence-corrected chi connectivity index (χ4v) is 9.53. The standard InChI is InChI=1S/C55H68N2O16/c1-8-50(58)68-33-45-34(2)27-42(24-25-46-35(3)28-41(70-46)15-12-26-67-54(61)55(4,5)6)71-48(45)31-47-44(29-36-13-10-9-11-14-36)51(66-7)49(73-47)30-43(72-53(60)38-18-22-40(23-19-38)57(64)65)32-69-52(59)37-16-20-39(21-17-37)56(62)63/h9-11,13-14,16-23,41-44,46-49,51H,3,8,12,15,24-33H2,1-2,4-7H3/t41-,42-,43-,44-,46-,47-,48?,49+,51+/m0/s1. The number of ether oxygens (including phenoxy) is 8. The Kier molecular flexibility index (Phi) is 20.0. The molecule has 0 spiro atoms. The van der Waals surface area contributed by atoms with Crippen molar-refractivity contribution in [3.63, 3.8) is 0 Å². The molecule has 73 heavy (non-hydrogen) atoms. The summed E-state index contributed by atoms with van der Waals surface area (Å²) in [6.45, 7) is 13.5. The number of esters is 4. The Morgan fingerprint density at radius 3 is 1.99 bits per heavy atom. The number of hydrogen-bond acceptors (Lipinski definition) is 16. The van der Waals surface area contributed by atoms with Crippen molar-refractivity contribution in [3.8, 4) is 0 Å². The lowest BCUT2D eigenvalue weighted by Crippen LogP contribution is -2.38. The number of methoxy groups -OCH3 is 1. The van der Waals surface area contributed by atoms with Crippen molar-refractivity contribution in [1.29, 1.82) is 0 Å². The first-order valence-corrected chi connectivity index (χ1v) is 24.9. The van der Waals surface area contributed by atoms with Gasteiger partial charge in [-0.25, -0.2) is 9.59 Å². The van der Waals surface area contributed by atoms with Gasteiger partial charge in [-0.05, 0) is 114 Å². The molecule has 0 N–H and O–H groups in total. The molecule has 1 unspecified atom stereocenters. The first-order valence-electron chi connectivity index (χ1n) is 24.9. The number of nitrogens with zero attached hydrogens (tertiary/aromatic N) is 2. The van der Waals surface area contributed by atoms with Crippen LogP contribution in [0.4, 0.5) is 11.4 Å². The van der Waals surface area contributed by atoms with E-state index in [0.29, 0.717) is 45.1 Å². The molecule has 18 nitrogen and oxygen atoms in total. The summed E-state index contributed by atoms with van der Waals surface area (Å²) in [6, 6.07) is 19.6. The van der Waals surface area contributed by atoms with Crippen LogP contribution in [0.2, 0.25) is 0 Å². The zero-order valence-electron chi connectivity index (χ0n) is 42.5. The van der Waals surface area contributed by atoms with E-state index in [-0.39, 0.29) is 78.1 Å². The Labute approximate surface area is 426 Å². The van der Waals surface area contributed by atoms with Crippen molar-refractivity contribution in [2.75, 3.05) is 26.9 Å². The summed E-state index contributed by atoms with van der Waals surface area (Å²) in [5, 5.41) is 22.6. The van der Waals surface area contributed by atoms with E-state index in [1.807, 2.05) is 58.0 Å². The molecule has 3 heterocycles. The third-order valence-corrected chi connectivity index (χ3v) is 13.5. The highest BCUT2D eigenvalue weighted by Gasteiger charge is 2.48. The maximum atomic E-state index is 13.7. The molecular formula is C55H68N2O16. The quantitative estimate of drug-likeness (QED) is 0.0203. The summed E-state index contributed by atoms with van der Waals surface area (Å²) in [4.78, 5) is 73.2. The fourth-order valence-electron chi connectivity index (χ4n) is 9.53. The van der Waals surface area contributed by atoms with E-state index >= 15 is 0 Å². The zero-order chi connectivity index (χ0) is 52.8. The van der Waals surface area contributed by atoms with Crippen LogP contribution in [-0.2, 0) is 53.9 Å². The molecule has 2 fully saturated rings. The molecule has 3 aromatic rings. The summed E-state index contributed by atoms with van der Waals surface area (Å²) >= 11 is 0. The van der Waals surface area contributed by atoms with Gasteiger partial charge in [-0.3, -0.25) is 29.8 Å². The van der Waals surface area contributed by atoms with Gasteiger partial charge in [0, 0.05) is 56.6 Å². The minimum absolute atomic E-state index is 0.00905. The molecule has 0 bridgehead atoms. The average molecular weight is 1010 g/mol. The highest BCUT2D eigenvalue weighted by molar-refractivity contribution is 5.90. The minimum Gasteiger partial charge on any atom is -0.465 e. The van der Waals surface area contributed by atoms with E-state index in [1.165, 1.54) is 48.5 Å². The van der Waals surface area contributed by atoms with E-state index < -0.39 is 64.3 Å². The molecule has 6 rings (SSSR count). The van der Waals surface area contributed by atoms with Crippen molar-refractivity contribution in [3.05, 3.63) is 139 Å². The van der Waals surface area contributed by atoms with Crippen molar-refractivity contribution in [2.24, 2.45) is 11.3 Å². The van der Waals surface area contributed by atoms with Gasteiger partial charge in [0.2, 0.25) is 0 Å². The van der Waals surface area contributed by atoms with E-state index in [4.69, 9.17) is 37.9 Å². The maximum Gasteiger partial charge on any atom is 0.338 e. The van der Waals surface area contributed by atoms with Crippen LogP contribution in [-0.4, -0.2) is 109 Å². The first-order chi connectivity index (χ1) is 34.8. The lowest BCUT2D eigenvalue weighted by molar-refractivity contribution is -0.385. The molecule has 0 radical (unpaired) electrons. The number of non-ortho nitro benzene ring substituents is 2. The number of benzene rings is 3. The number of carbonyl (C=O) groups excluding carboxylic acids is 4. The third kappa shape index (κ3) is 15.8. The van der Waals surface area contributed by atoms with Gasteiger partial charge < -0.3 is 37.9 Å². The Bertz CT molecular complexity index is 2430. The Morgan fingerprint density at radius 1 is 0.767 bits per heavy atom. The molecule has 18 heteroatoms. The lowest BCUT2D eigenvalue weighted by atomic mass is 9.83. The Morgan fingerprint density at radius 2 is 1.38 bits per heavy atom. The summed E-state index contributed by atoms with van der Waals surface area (Å²) in [5.41, 5.74) is 2.99. The molecule has 3 aliphatic heterocycles. The van der Waals surface area contributed by atoms with Crippen LogP contribution in [0.15, 0.2) is 102 Å². The molecule has 0 saturated carbocycles. The molecule has 394 valence electrons. The van der Waals surface area contributed by atoms with Gasteiger partial charge in [-0.15, -0.1) is 0 Å². The number of carbonyl (C=O) groups is 4. The summed E-state index contributed by atoms with van der Waals surface area (Å²) < 4.78 is 49.5. The van der Waals surface area contributed by atoms with Gasteiger partial charge in [-0.2, -0.15) is 0 Å². The summed E-state index contributed by atoms with van der Waals surface area (Å²) in [5.74, 6) is -2.50. The van der Waals surface area contributed by atoms with E-state index in [9.17, 15) is 39.4 Å². The summed E-state index contributed by atoms with van der Waals surface area (Å²) in [7, 11) is 1.58. The van der Waals surface area contributed by atoms with Crippen LogP contribution in [0, 0.1) is 31.6 Å². The molecule has 9 atom stereocenters. The van der Waals surface area contributed by atoms with E-state index in [2.05, 4.69) is 6.58 Å². The lowest BCUT2D eigenvalue weighted by Gasteiger charge is -2.36. The van der Waals surface area contributed by atoms with Gasteiger partial charge in [0.1, 0.15) is 19.3 Å². The van der Waals surface area contributed by atoms with Crippen molar-refractivity contribution in [1.82, 2.24) is 0 Å². The predicted molar refractivity (Wildman–Crippen MR) is 267 cm³/mol. The van der Waals surface area contributed by atoms with Crippen LogP contribution in [0.5, 0.6) is 0 Å². The average Bonchev–Trinajstić information content (AvgIpc) is 3.89. The van der Waals surface area contributed by atoms with Gasteiger partial charge in [-0.1, -0.05) is 49.4 Å². The van der Waals surface area contributed by atoms with Gasteiger partial charge in [0.15, 0.2) is 0 Å². The molecule has 3 aliphatic rings. The van der Waals surface area contributed by atoms with Crippen LogP contribution in [0.25, 0.3) is 0 Å². The van der Waals surface area contributed by atoms with Crippen LogP contribution in [0.1, 0.15) is 119 Å². The Balaban J connectivity index is 1.21. The fraction of sp³-hybridized carbons (Fsp3) is 0.527. The van der Waals surface area contributed by atoms with Crippen LogP contribution in [0.3, 0.4) is 0 Å². The van der Waals surface area contributed by atoms with E-state index in [1.54, 1.807) is 14.0 Å². The molecule has 2 saturated heterocycles. The molecule has 0 amide bonds. The zero-order valence-corrected chi connectivity index (χ0v) is 42.5. The minimum atomic E-state index is -1.12.